The second-order valence-electron chi connectivity index (χ2n) is 2.99. The topological polar surface area (TPSA) is 60.8 Å². The van der Waals surface area contributed by atoms with Crippen molar-refractivity contribution in [3.8, 4) is 0 Å². The molecule has 4 nitrogen and oxygen atoms in total. The summed E-state index contributed by atoms with van der Waals surface area (Å²) >= 11 is 4.16. The van der Waals surface area contributed by atoms with E-state index in [2.05, 4.69) is 12.6 Å². The minimum Gasteiger partial charge on any atom is -0.394 e. The highest BCUT2D eigenvalue weighted by atomic mass is 32.1. The largest absolute Gasteiger partial charge is 0.394 e. The van der Waals surface area contributed by atoms with E-state index in [-0.39, 0.29) is 24.3 Å². The van der Waals surface area contributed by atoms with Crippen LogP contribution in [0.15, 0.2) is 0 Å². The number of amides is 1. The fourth-order valence-corrected chi connectivity index (χ4v) is 1.59. The van der Waals surface area contributed by atoms with E-state index < -0.39 is 6.10 Å². The van der Waals surface area contributed by atoms with Crippen LogP contribution in [-0.4, -0.2) is 52.1 Å². The average molecular weight is 191 g/mol. The molecule has 1 aliphatic rings. The SMILES string of the molecule is O=C1CC(S)CN1CC(O)CO. The number of hydrogen-bond donors (Lipinski definition) is 3. The van der Waals surface area contributed by atoms with Crippen LogP contribution in [0.5, 0.6) is 0 Å². The molecule has 1 rings (SSSR count). The summed E-state index contributed by atoms with van der Waals surface area (Å²) in [5, 5.41) is 17.7. The van der Waals surface area contributed by atoms with E-state index in [0.717, 1.165) is 0 Å². The molecular formula is C7H13NO3S. The Morgan fingerprint density at radius 3 is 2.83 bits per heavy atom. The summed E-state index contributed by atoms with van der Waals surface area (Å²) < 4.78 is 0. The molecule has 2 atom stereocenters. The molecule has 1 aliphatic heterocycles. The Bertz CT molecular complexity index is 176. The van der Waals surface area contributed by atoms with E-state index in [4.69, 9.17) is 10.2 Å². The van der Waals surface area contributed by atoms with E-state index in [1.807, 2.05) is 0 Å². The summed E-state index contributed by atoms with van der Waals surface area (Å²) in [5.41, 5.74) is 0. The average Bonchev–Trinajstić information content (AvgIpc) is 2.30. The van der Waals surface area contributed by atoms with Gasteiger partial charge in [0.05, 0.1) is 12.7 Å². The zero-order chi connectivity index (χ0) is 9.14. The number of carbonyl (C=O) groups is 1. The molecule has 0 aliphatic carbocycles. The second-order valence-corrected chi connectivity index (χ2v) is 3.72. The molecule has 5 heteroatoms. The van der Waals surface area contributed by atoms with Crippen molar-refractivity contribution in [2.75, 3.05) is 19.7 Å². The van der Waals surface area contributed by atoms with E-state index >= 15 is 0 Å². The van der Waals surface area contributed by atoms with Gasteiger partial charge >= 0.3 is 0 Å². The summed E-state index contributed by atoms with van der Waals surface area (Å²) in [6.07, 6.45) is -0.395. The summed E-state index contributed by atoms with van der Waals surface area (Å²) in [6.45, 7) is 0.479. The number of aliphatic hydroxyl groups is 2. The molecule has 1 amide bonds. The lowest BCUT2D eigenvalue weighted by atomic mass is 10.3. The van der Waals surface area contributed by atoms with E-state index in [9.17, 15) is 4.79 Å². The van der Waals surface area contributed by atoms with Gasteiger partial charge in [-0.15, -0.1) is 0 Å². The van der Waals surface area contributed by atoms with Crippen molar-refractivity contribution in [1.82, 2.24) is 4.90 Å². The molecule has 0 radical (unpaired) electrons. The van der Waals surface area contributed by atoms with Crippen LogP contribution in [0, 0.1) is 0 Å². The second kappa shape index (κ2) is 4.11. The predicted molar refractivity (Wildman–Crippen MR) is 47.1 cm³/mol. The highest BCUT2D eigenvalue weighted by molar-refractivity contribution is 7.81. The van der Waals surface area contributed by atoms with Gasteiger partial charge < -0.3 is 15.1 Å². The van der Waals surface area contributed by atoms with Gasteiger partial charge in [-0.05, 0) is 0 Å². The summed E-state index contributed by atoms with van der Waals surface area (Å²) in [5.74, 6) is 0.00231. The van der Waals surface area contributed by atoms with E-state index in [1.54, 1.807) is 0 Å². The van der Waals surface area contributed by atoms with Gasteiger partial charge in [0.1, 0.15) is 0 Å². The molecule has 0 aromatic rings. The standard InChI is InChI=1S/C7H13NO3S/c9-4-5(10)2-8-3-6(12)1-7(8)11/h5-6,9-10,12H,1-4H2. The maximum Gasteiger partial charge on any atom is 0.223 e. The molecule has 2 unspecified atom stereocenters. The molecule has 0 saturated carbocycles. The molecule has 1 saturated heterocycles. The normalized spacial score (nSPS) is 26.4. The molecule has 70 valence electrons. The first-order chi connectivity index (χ1) is 5.63. The van der Waals surface area contributed by atoms with E-state index in [1.165, 1.54) is 4.90 Å². The van der Waals surface area contributed by atoms with Crippen molar-refractivity contribution in [1.29, 1.82) is 0 Å². The van der Waals surface area contributed by atoms with Gasteiger partial charge in [-0.2, -0.15) is 12.6 Å². The van der Waals surface area contributed by atoms with Crippen molar-refractivity contribution >= 4 is 18.5 Å². The molecule has 0 bridgehead atoms. The van der Waals surface area contributed by atoms with Crippen LogP contribution in [0.2, 0.25) is 0 Å². The fourth-order valence-electron chi connectivity index (χ4n) is 1.24. The minimum atomic E-state index is -0.826. The van der Waals surface area contributed by atoms with E-state index in [0.29, 0.717) is 13.0 Å². The third-order valence-corrected chi connectivity index (χ3v) is 2.18. The third kappa shape index (κ3) is 2.36. The molecule has 12 heavy (non-hydrogen) atoms. The molecule has 0 aromatic carbocycles. The van der Waals surface area contributed by atoms with Crippen LogP contribution < -0.4 is 0 Å². The number of β-amino-alcohol motifs (C(OH)–C–C–N with tert-alkyl or cyclic N) is 1. The maximum absolute atomic E-state index is 11.1. The first-order valence-corrected chi connectivity index (χ1v) is 4.40. The lowest BCUT2D eigenvalue weighted by Crippen LogP contribution is -2.35. The Morgan fingerprint density at radius 2 is 2.42 bits per heavy atom. The lowest BCUT2D eigenvalue weighted by Gasteiger charge is -2.18. The number of hydrogen-bond acceptors (Lipinski definition) is 4. The Balaban J connectivity index is 2.37. The summed E-state index contributed by atoms with van der Waals surface area (Å²) in [7, 11) is 0. The van der Waals surface area contributed by atoms with Gasteiger partial charge in [0.25, 0.3) is 0 Å². The van der Waals surface area contributed by atoms with Crippen LogP contribution >= 0.6 is 12.6 Å². The van der Waals surface area contributed by atoms with Crippen molar-refractivity contribution in [2.24, 2.45) is 0 Å². The quantitative estimate of drug-likeness (QED) is 0.495. The summed E-state index contributed by atoms with van der Waals surface area (Å²) in [4.78, 5) is 12.6. The zero-order valence-corrected chi connectivity index (χ0v) is 7.57. The lowest BCUT2D eigenvalue weighted by molar-refractivity contribution is -0.129. The Hall–Kier alpha value is -0.260. The zero-order valence-electron chi connectivity index (χ0n) is 6.68. The van der Waals surface area contributed by atoms with Crippen LogP contribution in [0.25, 0.3) is 0 Å². The molecule has 0 spiro atoms. The van der Waals surface area contributed by atoms with Gasteiger partial charge in [0.2, 0.25) is 5.91 Å². The van der Waals surface area contributed by atoms with Crippen LogP contribution in [0.3, 0.4) is 0 Å². The van der Waals surface area contributed by atoms with Gasteiger partial charge in [0.15, 0.2) is 0 Å². The highest BCUT2D eigenvalue weighted by Crippen LogP contribution is 2.15. The predicted octanol–water partition coefficient (Wildman–Crippen LogP) is -1.13. The minimum absolute atomic E-state index is 0.00231. The van der Waals surface area contributed by atoms with Gasteiger partial charge in [-0.1, -0.05) is 0 Å². The van der Waals surface area contributed by atoms with Crippen LogP contribution in [0.1, 0.15) is 6.42 Å². The van der Waals surface area contributed by atoms with Gasteiger partial charge in [-0.25, -0.2) is 0 Å². The van der Waals surface area contributed by atoms with Crippen molar-refractivity contribution in [3.05, 3.63) is 0 Å². The number of rotatable bonds is 3. The van der Waals surface area contributed by atoms with Crippen molar-refractivity contribution in [3.63, 3.8) is 0 Å². The highest BCUT2D eigenvalue weighted by Gasteiger charge is 2.28. The fraction of sp³-hybridized carbons (Fsp3) is 0.857. The number of thiol groups is 1. The molecular weight excluding hydrogens is 178 g/mol. The maximum atomic E-state index is 11.1. The number of aliphatic hydroxyl groups excluding tert-OH is 2. The number of nitrogens with zero attached hydrogens (tertiary/aromatic N) is 1. The monoisotopic (exact) mass is 191 g/mol. The molecule has 2 N–H and O–H groups in total. The summed E-state index contributed by atoms with van der Waals surface area (Å²) in [6, 6.07) is 0. The van der Waals surface area contributed by atoms with Crippen LogP contribution in [-0.2, 0) is 4.79 Å². The molecule has 1 heterocycles. The van der Waals surface area contributed by atoms with Gasteiger partial charge in [-0.3, -0.25) is 4.79 Å². The smallest absolute Gasteiger partial charge is 0.223 e. The molecule has 0 aromatic heterocycles. The van der Waals surface area contributed by atoms with Crippen LogP contribution in [0.4, 0.5) is 0 Å². The third-order valence-electron chi connectivity index (χ3n) is 1.84. The number of carbonyl (C=O) groups excluding carboxylic acids is 1. The first-order valence-electron chi connectivity index (χ1n) is 3.88. The Labute approximate surface area is 76.6 Å². The first kappa shape index (κ1) is 9.83. The number of likely N-dealkylation sites (tertiary alicyclic amines) is 1. The Kier molecular flexibility index (Phi) is 3.37. The van der Waals surface area contributed by atoms with Gasteiger partial charge in [0, 0.05) is 24.8 Å². The van der Waals surface area contributed by atoms with Crippen molar-refractivity contribution in [2.45, 2.75) is 17.8 Å². The molecule has 1 fully saturated rings. The Morgan fingerprint density at radius 1 is 1.75 bits per heavy atom. The van der Waals surface area contributed by atoms with Crippen molar-refractivity contribution < 1.29 is 15.0 Å².